The topological polar surface area (TPSA) is 24.9 Å². The quantitative estimate of drug-likeness (QED) is 0.607. The first-order chi connectivity index (χ1) is 10.7. The van der Waals surface area contributed by atoms with Crippen LogP contribution in [0.1, 0.15) is 40.5 Å². The van der Waals surface area contributed by atoms with Crippen molar-refractivity contribution in [3.05, 3.63) is 24.3 Å². The van der Waals surface area contributed by atoms with Gasteiger partial charge in [0.05, 0.1) is 0 Å². The molecule has 0 saturated carbocycles. The highest BCUT2D eigenvalue weighted by Crippen LogP contribution is 2.25. The lowest BCUT2D eigenvalue weighted by Crippen LogP contribution is -2.37. The van der Waals surface area contributed by atoms with E-state index in [0.29, 0.717) is 0 Å². The molecule has 0 spiro atoms. The molecule has 4 nitrogen and oxygen atoms in total. The van der Waals surface area contributed by atoms with Gasteiger partial charge in [0, 0.05) is 38.7 Å². The zero-order valence-corrected chi connectivity index (χ0v) is 15.0. The van der Waals surface area contributed by atoms with Gasteiger partial charge < -0.3 is 19.3 Å². The number of nitrogens with zero attached hydrogens (tertiary/aromatic N) is 2. The fourth-order valence-corrected chi connectivity index (χ4v) is 2.97. The summed E-state index contributed by atoms with van der Waals surface area (Å²) in [6.07, 6.45) is 2.18. The average Bonchev–Trinajstić information content (AvgIpc) is 2.57. The number of ether oxygens (including phenoxy) is 2. The molecule has 1 aromatic rings. The highest BCUT2D eigenvalue weighted by molar-refractivity contribution is 5.57. The Kier molecular flexibility index (Phi) is 8.28. The van der Waals surface area contributed by atoms with Crippen LogP contribution in [0.4, 0.5) is 11.4 Å². The van der Waals surface area contributed by atoms with Crippen molar-refractivity contribution in [2.24, 2.45) is 0 Å². The maximum atomic E-state index is 5.57. The third-order valence-electron chi connectivity index (χ3n) is 4.13. The molecule has 0 radical (unpaired) electrons. The van der Waals surface area contributed by atoms with E-state index in [-0.39, 0.29) is 12.5 Å². The molecular weight excluding hydrogens is 276 g/mol. The Hall–Kier alpha value is -1.26. The first-order valence-corrected chi connectivity index (χ1v) is 8.35. The molecule has 0 N–H and O–H groups in total. The third kappa shape index (κ3) is 4.37. The van der Waals surface area contributed by atoms with Gasteiger partial charge in [-0.05, 0) is 51.0 Å². The molecule has 2 unspecified atom stereocenters. The van der Waals surface area contributed by atoms with E-state index < -0.39 is 0 Å². The standard InChI is InChI=1S/C18H32N2O2/c1-7-17(21-5)19(9-3)15-11-13-16(14-12-15)20(10-4)18(8-2)22-6/h11-14,17-18H,7-10H2,1-6H3. The minimum atomic E-state index is 0.125. The molecule has 0 bridgehead atoms. The molecule has 0 fully saturated rings. The van der Waals surface area contributed by atoms with Crippen molar-refractivity contribution in [1.29, 1.82) is 0 Å². The van der Waals surface area contributed by atoms with Crippen LogP contribution in [0.25, 0.3) is 0 Å². The Morgan fingerprint density at radius 1 is 0.727 bits per heavy atom. The lowest BCUT2D eigenvalue weighted by molar-refractivity contribution is 0.0960. The van der Waals surface area contributed by atoms with Crippen LogP contribution in [0.15, 0.2) is 24.3 Å². The first kappa shape index (κ1) is 18.8. The van der Waals surface area contributed by atoms with Crippen molar-refractivity contribution in [3.63, 3.8) is 0 Å². The van der Waals surface area contributed by atoms with Crippen LogP contribution < -0.4 is 9.80 Å². The second-order valence-corrected chi connectivity index (χ2v) is 5.29. The van der Waals surface area contributed by atoms with Gasteiger partial charge in [-0.3, -0.25) is 0 Å². The molecule has 0 aliphatic carbocycles. The lowest BCUT2D eigenvalue weighted by atomic mass is 10.2. The van der Waals surface area contributed by atoms with Gasteiger partial charge in [-0.2, -0.15) is 0 Å². The highest BCUT2D eigenvalue weighted by Gasteiger charge is 2.17. The summed E-state index contributed by atoms with van der Waals surface area (Å²) in [4.78, 5) is 4.57. The molecule has 0 saturated heterocycles. The normalized spacial score (nSPS) is 13.7. The largest absolute Gasteiger partial charge is 0.362 e. The Morgan fingerprint density at radius 2 is 1.05 bits per heavy atom. The number of methoxy groups -OCH3 is 2. The molecular formula is C18H32N2O2. The van der Waals surface area contributed by atoms with Crippen molar-refractivity contribution in [1.82, 2.24) is 0 Å². The van der Waals surface area contributed by atoms with E-state index in [4.69, 9.17) is 9.47 Å². The van der Waals surface area contributed by atoms with Crippen LogP contribution >= 0.6 is 0 Å². The first-order valence-electron chi connectivity index (χ1n) is 8.35. The minimum Gasteiger partial charge on any atom is -0.362 e. The average molecular weight is 308 g/mol. The maximum absolute atomic E-state index is 5.57. The highest BCUT2D eigenvalue weighted by atomic mass is 16.5. The monoisotopic (exact) mass is 308 g/mol. The lowest BCUT2D eigenvalue weighted by Gasteiger charge is -2.33. The van der Waals surface area contributed by atoms with Crippen LogP contribution in [0, 0.1) is 0 Å². The summed E-state index contributed by atoms with van der Waals surface area (Å²) in [6, 6.07) is 8.69. The summed E-state index contributed by atoms with van der Waals surface area (Å²) in [6.45, 7) is 10.5. The zero-order valence-electron chi connectivity index (χ0n) is 15.0. The van der Waals surface area contributed by atoms with E-state index in [1.165, 1.54) is 11.4 Å². The van der Waals surface area contributed by atoms with Crippen LogP contribution in [0.5, 0.6) is 0 Å². The van der Waals surface area contributed by atoms with Gasteiger partial charge >= 0.3 is 0 Å². The Balaban J connectivity index is 2.97. The van der Waals surface area contributed by atoms with E-state index in [0.717, 1.165) is 25.9 Å². The molecule has 126 valence electrons. The molecule has 4 heteroatoms. The van der Waals surface area contributed by atoms with Gasteiger partial charge in [-0.25, -0.2) is 0 Å². The molecule has 1 aromatic carbocycles. The molecule has 0 heterocycles. The van der Waals surface area contributed by atoms with Gasteiger partial charge in [0.1, 0.15) is 12.5 Å². The molecule has 0 aliphatic rings. The number of hydrogen-bond donors (Lipinski definition) is 0. The second-order valence-electron chi connectivity index (χ2n) is 5.29. The van der Waals surface area contributed by atoms with Gasteiger partial charge in [-0.15, -0.1) is 0 Å². The Labute approximate surface area is 136 Å². The fraction of sp³-hybridized carbons (Fsp3) is 0.667. The molecule has 0 amide bonds. The van der Waals surface area contributed by atoms with Gasteiger partial charge in [0.15, 0.2) is 0 Å². The van der Waals surface area contributed by atoms with E-state index in [1.807, 2.05) is 0 Å². The van der Waals surface area contributed by atoms with E-state index in [9.17, 15) is 0 Å². The Bertz CT molecular complexity index is 361. The summed E-state index contributed by atoms with van der Waals surface area (Å²) in [5.74, 6) is 0. The smallest absolute Gasteiger partial charge is 0.129 e. The molecule has 22 heavy (non-hydrogen) atoms. The summed E-state index contributed by atoms with van der Waals surface area (Å²) in [5, 5.41) is 0. The molecule has 0 aliphatic heterocycles. The van der Waals surface area contributed by atoms with E-state index in [2.05, 4.69) is 61.8 Å². The Morgan fingerprint density at radius 3 is 1.23 bits per heavy atom. The van der Waals surface area contributed by atoms with Crippen molar-refractivity contribution in [2.75, 3.05) is 37.1 Å². The van der Waals surface area contributed by atoms with Crippen LogP contribution in [-0.2, 0) is 9.47 Å². The van der Waals surface area contributed by atoms with Crippen LogP contribution in [0.2, 0.25) is 0 Å². The van der Waals surface area contributed by atoms with Crippen molar-refractivity contribution < 1.29 is 9.47 Å². The van der Waals surface area contributed by atoms with E-state index in [1.54, 1.807) is 14.2 Å². The van der Waals surface area contributed by atoms with Crippen molar-refractivity contribution >= 4 is 11.4 Å². The summed E-state index contributed by atoms with van der Waals surface area (Å²) in [5.41, 5.74) is 2.39. The van der Waals surface area contributed by atoms with Crippen molar-refractivity contribution in [2.45, 2.75) is 53.0 Å². The summed E-state index contributed by atoms with van der Waals surface area (Å²) >= 11 is 0. The fourth-order valence-electron chi connectivity index (χ4n) is 2.97. The SMILES string of the molecule is CCC(OC)N(CC)c1ccc(N(CC)C(CC)OC)cc1. The number of rotatable bonds is 10. The van der Waals surface area contributed by atoms with Crippen LogP contribution in [0.3, 0.4) is 0 Å². The number of benzene rings is 1. The minimum absolute atomic E-state index is 0.125. The summed E-state index contributed by atoms with van der Waals surface area (Å²) < 4.78 is 11.1. The summed E-state index contributed by atoms with van der Waals surface area (Å²) in [7, 11) is 3.54. The second kappa shape index (κ2) is 9.70. The predicted molar refractivity (Wildman–Crippen MR) is 94.7 cm³/mol. The van der Waals surface area contributed by atoms with Gasteiger partial charge in [0.25, 0.3) is 0 Å². The molecule has 2 atom stereocenters. The van der Waals surface area contributed by atoms with Gasteiger partial charge in [0.2, 0.25) is 0 Å². The van der Waals surface area contributed by atoms with Crippen LogP contribution in [-0.4, -0.2) is 39.8 Å². The predicted octanol–water partition coefficient (Wildman–Crippen LogP) is 4.10. The maximum Gasteiger partial charge on any atom is 0.129 e. The third-order valence-corrected chi connectivity index (χ3v) is 4.13. The molecule has 0 aromatic heterocycles. The number of anilines is 2. The van der Waals surface area contributed by atoms with Crippen molar-refractivity contribution in [3.8, 4) is 0 Å². The molecule has 1 rings (SSSR count). The number of hydrogen-bond acceptors (Lipinski definition) is 4. The van der Waals surface area contributed by atoms with Gasteiger partial charge in [-0.1, -0.05) is 13.8 Å². The zero-order chi connectivity index (χ0) is 16.5. The van der Waals surface area contributed by atoms with E-state index >= 15 is 0 Å².